The van der Waals surface area contributed by atoms with E-state index in [1.54, 1.807) is 6.92 Å². The fourth-order valence-electron chi connectivity index (χ4n) is 1.53. The molecule has 0 saturated heterocycles. The molecule has 18 heavy (non-hydrogen) atoms. The van der Waals surface area contributed by atoms with Crippen molar-refractivity contribution in [3.8, 4) is 5.69 Å². The molecule has 0 atom stereocenters. The molecule has 0 aromatic carbocycles. The van der Waals surface area contributed by atoms with Crippen molar-refractivity contribution in [3.05, 3.63) is 40.4 Å². The number of carboxylic acid groups (broad SMARTS) is 1. The molecule has 2 heterocycles. The average molecular weight is 266 g/mol. The van der Waals surface area contributed by atoms with Crippen LogP contribution in [0, 0.1) is 6.92 Å². The summed E-state index contributed by atoms with van der Waals surface area (Å²) in [7, 11) is 0. The highest BCUT2D eigenvalue weighted by atomic mass is 35.5. The number of carboxylic acids is 1. The minimum atomic E-state index is -1.08. The molecule has 0 aliphatic heterocycles. The monoisotopic (exact) mass is 265 g/mol. The molecule has 2 rings (SSSR count). The molecule has 0 fully saturated rings. The molecule has 2 aromatic heterocycles. The van der Waals surface area contributed by atoms with E-state index in [4.69, 9.17) is 16.7 Å². The lowest BCUT2D eigenvalue weighted by Gasteiger charge is -2.04. The Kier molecular flexibility index (Phi) is 3.12. The predicted octanol–water partition coefficient (Wildman–Crippen LogP) is 1.74. The zero-order valence-electron chi connectivity index (χ0n) is 9.29. The van der Waals surface area contributed by atoms with Crippen LogP contribution < -0.4 is 0 Å². The van der Waals surface area contributed by atoms with Gasteiger partial charge in [-0.15, -0.1) is 0 Å². The number of aldehydes is 1. The molecule has 0 spiro atoms. The molecule has 0 amide bonds. The highest BCUT2D eigenvalue weighted by molar-refractivity contribution is 6.33. The van der Waals surface area contributed by atoms with Crippen molar-refractivity contribution in [3.63, 3.8) is 0 Å². The van der Waals surface area contributed by atoms with E-state index in [1.807, 2.05) is 0 Å². The normalized spacial score (nSPS) is 10.3. The van der Waals surface area contributed by atoms with E-state index in [1.165, 1.54) is 23.3 Å². The summed E-state index contributed by atoms with van der Waals surface area (Å²) in [5.74, 6) is -1.08. The highest BCUT2D eigenvalue weighted by Crippen LogP contribution is 2.20. The Hall–Kier alpha value is -2.21. The fourth-order valence-corrected chi connectivity index (χ4v) is 1.73. The molecule has 0 aliphatic rings. The van der Waals surface area contributed by atoms with E-state index in [0.29, 0.717) is 17.7 Å². The van der Waals surface area contributed by atoms with Gasteiger partial charge in [0, 0.05) is 12.4 Å². The van der Waals surface area contributed by atoms with Gasteiger partial charge in [-0.2, -0.15) is 5.10 Å². The predicted molar refractivity (Wildman–Crippen MR) is 63.5 cm³/mol. The molecule has 0 aliphatic carbocycles. The van der Waals surface area contributed by atoms with Gasteiger partial charge in [-0.1, -0.05) is 11.6 Å². The standard InChI is InChI=1S/C11H8ClN3O3/c1-6-7(11(17)18)4-15(14-6)10-3-13-2-9(12)8(10)5-16/h2-5H,1H3,(H,17,18). The maximum Gasteiger partial charge on any atom is 0.339 e. The minimum absolute atomic E-state index is 0.0619. The first kappa shape index (κ1) is 12.3. The fraction of sp³-hybridized carbons (Fsp3) is 0.0909. The summed E-state index contributed by atoms with van der Waals surface area (Å²) in [6, 6.07) is 0. The number of carbonyl (C=O) groups excluding carboxylic acids is 1. The first-order chi connectivity index (χ1) is 8.54. The lowest BCUT2D eigenvalue weighted by Crippen LogP contribution is -2.01. The Morgan fingerprint density at radius 1 is 1.50 bits per heavy atom. The maximum absolute atomic E-state index is 11.0. The van der Waals surface area contributed by atoms with Crippen molar-refractivity contribution in [1.82, 2.24) is 14.8 Å². The van der Waals surface area contributed by atoms with Crippen LogP contribution in [0.5, 0.6) is 0 Å². The van der Waals surface area contributed by atoms with Crippen LogP contribution in [0.25, 0.3) is 5.69 Å². The number of carbonyl (C=O) groups is 2. The highest BCUT2D eigenvalue weighted by Gasteiger charge is 2.15. The van der Waals surface area contributed by atoms with Crippen molar-refractivity contribution < 1.29 is 14.7 Å². The SMILES string of the molecule is Cc1nn(-c2cncc(Cl)c2C=O)cc1C(=O)O. The number of aromatic carboxylic acids is 1. The van der Waals surface area contributed by atoms with Gasteiger partial charge in [0.2, 0.25) is 0 Å². The van der Waals surface area contributed by atoms with Crippen molar-refractivity contribution in [2.24, 2.45) is 0 Å². The molecule has 7 heteroatoms. The molecule has 0 bridgehead atoms. The van der Waals surface area contributed by atoms with Crippen LogP contribution in [0.3, 0.4) is 0 Å². The van der Waals surface area contributed by atoms with E-state index >= 15 is 0 Å². The van der Waals surface area contributed by atoms with Gasteiger partial charge in [0.15, 0.2) is 6.29 Å². The topological polar surface area (TPSA) is 85.1 Å². The zero-order chi connectivity index (χ0) is 13.3. The van der Waals surface area contributed by atoms with E-state index in [-0.39, 0.29) is 16.1 Å². The summed E-state index contributed by atoms with van der Waals surface area (Å²) >= 11 is 5.84. The number of aryl methyl sites for hydroxylation is 1. The molecule has 92 valence electrons. The van der Waals surface area contributed by atoms with Crippen LogP contribution in [-0.2, 0) is 0 Å². The number of hydrogen-bond donors (Lipinski definition) is 1. The van der Waals surface area contributed by atoms with Gasteiger partial charge in [-0.05, 0) is 6.92 Å². The van der Waals surface area contributed by atoms with Crippen LogP contribution in [0.2, 0.25) is 5.02 Å². The lowest BCUT2D eigenvalue weighted by atomic mass is 10.2. The van der Waals surface area contributed by atoms with Crippen molar-refractivity contribution in [2.75, 3.05) is 0 Å². The van der Waals surface area contributed by atoms with Gasteiger partial charge >= 0.3 is 5.97 Å². The second-order valence-corrected chi connectivity index (χ2v) is 3.96. The van der Waals surface area contributed by atoms with E-state index in [2.05, 4.69) is 10.1 Å². The first-order valence-electron chi connectivity index (χ1n) is 4.93. The third-order valence-electron chi connectivity index (χ3n) is 2.41. The Balaban J connectivity index is 2.62. The summed E-state index contributed by atoms with van der Waals surface area (Å²) in [5, 5.41) is 13.2. The van der Waals surface area contributed by atoms with Crippen molar-refractivity contribution in [1.29, 1.82) is 0 Å². The summed E-state index contributed by atoms with van der Waals surface area (Å²) < 4.78 is 1.28. The van der Waals surface area contributed by atoms with Crippen LogP contribution in [-0.4, -0.2) is 32.1 Å². The van der Waals surface area contributed by atoms with E-state index < -0.39 is 5.97 Å². The van der Waals surface area contributed by atoms with E-state index in [0.717, 1.165) is 0 Å². The molecule has 0 unspecified atom stereocenters. The molecular weight excluding hydrogens is 258 g/mol. The molecule has 6 nitrogen and oxygen atoms in total. The van der Waals surface area contributed by atoms with Gasteiger partial charge in [0.05, 0.1) is 28.2 Å². The number of hydrogen-bond acceptors (Lipinski definition) is 4. The Labute approximate surface area is 107 Å². The third-order valence-corrected chi connectivity index (χ3v) is 2.71. The smallest absolute Gasteiger partial charge is 0.339 e. The van der Waals surface area contributed by atoms with Gasteiger partial charge in [0.25, 0.3) is 0 Å². The number of nitrogens with zero attached hydrogens (tertiary/aromatic N) is 3. The van der Waals surface area contributed by atoms with Gasteiger partial charge in [0.1, 0.15) is 5.56 Å². The van der Waals surface area contributed by atoms with Gasteiger partial charge in [-0.25, -0.2) is 9.48 Å². The first-order valence-corrected chi connectivity index (χ1v) is 5.31. The zero-order valence-corrected chi connectivity index (χ0v) is 10.0. The molecule has 1 N–H and O–H groups in total. The Morgan fingerprint density at radius 2 is 2.22 bits per heavy atom. The third kappa shape index (κ3) is 1.98. The van der Waals surface area contributed by atoms with Crippen LogP contribution >= 0.6 is 11.6 Å². The van der Waals surface area contributed by atoms with Gasteiger partial charge < -0.3 is 5.11 Å². The second kappa shape index (κ2) is 4.58. The second-order valence-electron chi connectivity index (χ2n) is 3.55. The quantitative estimate of drug-likeness (QED) is 0.855. The average Bonchev–Trinajstić information content (AvgIpc) is 2.71. The van der Waals surface area contributed by atoms with Crippen molar-refractivity contribution in [2.45, 2.75) is 6.92 Å². The maximum atomic E-state index is 11.0. The molecule has 0 radical (unpaired) electrons. The van der Waals surface area contributed by atoms with Crippen LogP contribution in [0.4, 0.5) is 0 Å². The number of pyridine rings is 1. The summed E-state index contributed by atoms with van der Waals surface area (Å²) in [6.07, 6.45) is 4.63. The van der Waals surface area contributed by atoms with Crippen LogP contribution in [0.1, 0.15) is 26.4 Å². The molecular formula is C11H8ClN3O3. The summed E-state index contributed by atoms with van der Waals surface area (Å²) in [5.41, 5.74) is 0.963. The van der Waals surface area contributed by atoms with Crippen LogP contribution in [0.15, 0.2) is 18.6 Å². The minimum Gasteiger partial charge on any atom is -0.478 e. The number of aromatic nitrogens is 3. The largest absolute Gasteiger partial charge is 0.478 e. The summed E-state index contributed by atoms with van der Waals surface area (Å²) in [4.78, 5) is 25.8. The molecule has 0 saturated carbocycles. The van der Waals surface area contributed by atoms with Crippen molar-refractivity contribution >= 4 is 23.9 Å². The Bertz CT molecular complexity index is 636. The number of halogens is 1. The lowest BCUT2D eigenvalue weighted by molar-refractivity contribution is 0.0696. The summed E-state index contributed by atoms with van der Waals surface area (Å²) in [6.45, 7) is 1.57. The molecule has 2 aromatic rings. The Morgan fingerprint density at radius 3 is 2.78 bits per heavy atom. The number of rotatable bonds is 3. The van der Waals surface area contributed by atoms with Gasteiger partial charge in [-0.3, -0.25) is 9.78 Å². The van der Waals surface area contributed by atoms with E-state index in [9.17, 15) is 9.59 Å².